The number of urea groups is 1. The first-order valence-electron chi connectivity index (χ1n) is 5.97. The molecular weight excluding hydrogens is 337 g/mol. The Morgan fingerprint density at radius 1 is 1.00 bits per heavy atom. The predicted octanol–water partition coefficient (Wildman–Crippen LogP) is 3.55. The number of nitrogens with zero attached hydrogens (tertiary/aromatic N) is 1. The summed E-state index contributed by atoms with van der Waals surface area (Å²) < 4.78 is 91.0. The second kappa shape index (κ2) is 5.46. The molecule has 1 aliphatic heterocycles. The van der Waals surface area contributed by atoms with E-state index in [0.29, 0.717) is 0 Å². The fourth-order valence-corrected chi connectivity index (χ4v) is 1.67. The lowest BCUT2D eigenvalue weighted by molar-refractivity contribution is -0.402. The second-order valence-corrected chi connectivity index (χ2v) is 4.42. The molecule has 1 fully saturated rings. The number of ether oxygens (including phenoxy) is 1. The molecular formula is C12H8F7N2O2. The number of hydrogen-bond acceptors (Lipinski definition) is 2. The van der Waals surface area contributed by atoms with Gasteiger partial charge >= 0.3 is 24.2 Å². The Hall–Kier alpha value is -2.20. The van der Waals surface area contributed by atoms with Crippen molar-refractivity contribution in [2.45, 2.75) is 18.2 Å². The summed E-state index contributed by atoms with van der Waals surface area (Å²) >= 11 is 0. The maximum absolute atomic E-state index is 13.1. The third-order valence-corrected chi connectivity index (χ3v) is 2.83. The zero-order valence-corrected chi connectivity index (χ0v) is 11.0. The number of rotatable bonds is 4. The number of anilines is 1. The number of alkyl halides is 7. The van der Waals surface area contributed by atoms with Gasteiger partial charge in [-0.25, -0.2) is 4.79 Å². The highest BCUT2D eigenvalue weighted by atomic mass is 19.4. The molecule has 1 radical (unpaired) electrons. The molecule has 0 bridgehead atoms. The van der Waals surface area contributed by atoms with Crippen LogP contribution in [-0.2, 0) is 0 Å². The van der Waals surface area contributed by atoms with Gasteiger partial charge in [0.25, 0.3) is 0 Å². The van der Waals surface area contributed by atoms with Gasteiger partial charge in [0, 0.05) is 12.2 Å². The Bertz CT molecular complexity index is 586. The molecule has 1 saturated heterocycles. The van der Waals surface area contributed by atoms with E-state index in [9.17, 15) is 35.5 Å². The van der Waals surface area contributed by atoms with E-state index >= 15 is 0 Å². The maximum atomic E-state index is 13.1. The van der Waals surface area contributed by atoms with Crippen LogP contribution in [0, 0.1) is 6.54 Å². The van der Waals surface area contributed by atoms with Gasteiger partial charge in [0.2, 0.25) is 0 Å². The van der Waals surface area contributed by atoms with Gasteiger partial charge in [-0.1, -0.05) is 0 Å². The molecule has 23 heavy (non-hydrogen) atoms. The molecule has 0 unspecified atom stereocenters. The first-order chi connectivity index (χ1) is 10.5. The number of amides is 2. The van der Waals surface area contributed by atoms with Gasteiger partial charge in [-0.2, -0.15) is 30.7 Å². The lowest BCUT2D eigenvalue weighted by Gasteiger charge is -2.27. The minimum absolute atomic E-state index is 0.193. The van der Waals surface area contributed by atoms with E-state index < -0.39 is 30.0 Å². The summed E-state index contributed by atoms with van der Waals surface area (Å²) in [6.45, 7) is 1.65. The van der Waals surface area contributed by atoms with Crippen LogP contribution in [0.2, 0.25) is 0 Å². The first-order valence-corrected chi connectivity index (χ1v) is 5.97. The summed E-state index contributed by atoms with van der Waals surface area (Å²) in [7, 11) is 0. The summed E-state index contributed by atoms with van der Waals surface area (Å²) in [6, 6.07) is 3.09. The molecule has 0 aromatic heterocycles. The average Bonchev–Trinajstić information content (AvgIpc) is 2.84. The third kappa shape index (κ3) is 3.13. The minimum Gasteiger partial charge on any atom is -0.428 e. The van der Waals surface area contributed by atoms with Crippen LogP contribution in [0.3, 0.4) is 0 Å². The summed E-state index contributed by atoms with van der Waals surface area (Å²) in [4.78, 5) is 12.4. The van der Waals surface area contributed by atoms with E-state index in [2.05, 4.69) is 10.1 Å². The number of carbonyl (C=O) groups is 1. The highest BCUT2D eigenvalue weighted by Gasteiger charge is 2.75. The van der Waals surface area contributed by atoms with Crippen LogP contribution in [0.15, 0.2) is 24.3 Å². The Balaban J connectivity index is 2.16. The SMILES string of the molecule is O=C1NC[CH]N1c1ccc(OC(F)(F)C(F)(F)C(F)(F)F)cc1. The van der Waals surface area contributed by atoms with Gasteiger partial charge in [0.05, 0.1) is 6.54 Å². The Morgan fingerprint density at radius 3 is 2.00 bits per heavy atom. The highest BCUT2D eigenvalue weighted by molar-refractivity contribution is 5.95. The monoisotopic (exact) mass is 345 g/mol. The number of carbonyl (C=O) groups excluding carboxylic acids is 1. The van der Waals surface area contributed by atoms with E-state index in [0.717, 1.165) is 29.2 Å². The molecule has 0 aliphatic carbocycles. The summed E-state index contributed by atoms with van der Waals surface area (Å²) in [5, 5.41) is 2.41. The van der Waals surface area contributed by atoms with Crippen molar-refractivity contribution in [2.24, 2.45) is 0 Å². The van der Waals surface area contributed by atoms with Gasteiger partial charge in [-0.3, -0.25) is 4.90 Å². The number of halogens is 7. The van der Waals surface area contributed by atoms with Crippen molar-refractivity contribution >= 4 is 11.7 Å². The van der Waals surface area contributed by atoms with Gasteiger partial charge in [0.15, 0.2) is 0 Å². The molecule has 1 heterocycles. The largest absolute Gasteiger partial charge is 0.474 e. The van der Waals surface area contributed by atoms with E-state index in [1.54, 1.807) is 0 Å². The molecule has 127 valence electrons. The van der Waals surface area contributed by atoms with Crippen molar-refractivity contribution in [1.82, 2.24) is 5.32 Å². The van der Waals surface area contributed by atoms with Crippen LogP contribution in [-0.4, -0.2) is 30.8 Å². The standard InChI is InChI=1S/C12H8F7N2O2/c13-10(14,11(15,16)17)12(18,19)23-8-3-1-7(2-4-8)21-6-5-20-9(21)22/h1-4,6H,5H2,(H,20,22). The summed E-state index contributed by atoms with van der Waals surface area (Å²) in [5.74, 6) is -7.27. The lowest BCUT2D eigenvalue weighted by atomic mass is 10.2. The molecule has 0 saturated carbocycles. The van der Waals surface area contributed by atoms with Crippen molar-refractivity contribution in [3.63, 3.8) is 0 Å². The Labute approximate surface area is 124 Å². The molecule has 0 spiro atoms. The molecule has 4 nitrogen and oxygen atoms in total. The molecule has 1 aliphatic rings. The second-order valence-electron chi connectivity index (χ2n) is 4.42. The summed E-state index contributed by atoms with van der Waals surface area (Å²) in [5.41, 5.74) is 0.193. The molecule has 11 heteroatoms. The molecule has 0 atom stereocenters. The van der Waals surface area contributed by atoms with Gasteiger partial charge in [-0.05, 0) is 24.3 Å². The van der Waals surface area contributed by atoms with Crippen LogP contribution in [0.25, 0.3) is 0 Å². The smallest absolute Gasteiger partial charge is 0.428 e. The molecule has 1 aromatic rings. The van der Waals surface area contributed by atoms with Crippen LogP contribution in [0.5, 0.6) is 5.75 Å². The molecule has 2 rings (SSSR count). The van der Waals surface area contributed by atoms with Gasteiger partial charge in [0.1, 0.15) is 5.75 Å². The first kappa shape index (κ1) is 17.2. The summed E-state index contributed by atoms with van der Waals surface area (Å²) in [6.07, 6.45) is -12.3. The van der Waals surface area contributed by atoms with Gasteiger partial charge < -0.3 is 10.1 Å². The van der Waals surface area contributed by atoms with Crippen LogP contribution < -0.4 is 15.0 Å². The highest BCUT2D eigenvalue weighted by Crippen LogP contribution is 2.47. The van der Waals surface area contributed by atoms with Crippen molar-refractivity contribution in [1.29, 1.82) is 0 Å². The topological polar surface area (TPSA) is 41.6 Å². The van der Waals surface area contributed by atoms with Crippen molar-refractivity contribution in [3.05, 3.63) is 30.8 Å². The molecule has 1 aromatic carbocycles. The van der Waals surface area contributed by atoms with Crippen LogP contribution >= 0.6 is 0 Å². The normalized spacial score (nSPS) is 16.5. The van der Waals surface area contributed by atoms with Crippen LogP contribution in [0.4, 0.5) is 41.2 Å². The van der Waals surface area contributed by atoms with E-state index in [1.165, 1.54) is 6.54 Å². The molecule has 2 amide bonds. The van der Waals surface area contributed by atoms with E-state index in [-0.39, 0.29) is 12.2 Å². The Morgan fingerprint density at radius 2 is 1.57 bits per heavy atom. The average molecular weight is 345 g/mol. The molecule has 1 N–H and O–H groups in total. The van der Waals surface area contributed by atoms with Crippen LogP contribution in [0.1, 0.15) is 0 Å². The third-order valence-electron chi connectivity index (χ3n) is 2.83. The number of benzene rings is 1. The maximum Gasteiger partial charge on any atom is 0.474 e. The minimum atomic E-state index is -6.47. The fraction of sp³-hybridized carbons (Fsp3) is 0.333. The number of hydrogen-bond donors (Lipinski definition) is 1. The van der Waals surface area contributed by atoms with E-state index in [4.69, 9.17) is 0 Å². The van der Waals surface area contributed by atoms with E-state index in [1.807, 2.05) is 0 Å². The number of nitrogens with one attached hydrogen (secondary N) is 1. The predicted molar refractivity (Wildman–Crippen MR) is 63.2 cm³/mol. The Kier molecular flexibility index (Phi) is 4.07. The van der Waals surface area contributed by atoms with Crippen molar-refractivity contribution in [2.75, 3.05) is 11.4 Å². The zero-order valence-electron chi connectivity index (χ0n) is 11.0. The van der Waals surface area contributed by atoms with Gasteiger partial charge in [-0.15, -0.1) is 0 Å². The van der Waals surface area contributed by atoms with Crippen molar-refractivity contribution in [3.8, 4) is 5.75 Å². The van der Waals surface area contributed by atoms with Crippen molar-refractivity contribution < 1.29 is 40.3 Å². The quantitative estimate of drug-likeness (QED) is 0.848. The zero-order chi connectivity index (χ0) is 17.5. The fourth-order valence-electron chi connectivity index (χ4n) is 1.67. The lowest BCUT2D eigenvalue weighted by Crippen LogP contribution is -2.55.